The Labute approximate surface area is 173 Å². The van der Waals surface area contributed by atoms with Crippen LogP contribution >= 0.6 is 11.3 Å². The van der Waals surface area contributed by atoms with Gasteiger partial charge in [0, 0.05) is 30.5 Å². The number of hydrogen-bond donors (Lipinski definition) is 1. The second kappa shape index (κ2) is 8.12. The van der Waals surface area contributed by atoms with Gasteiger partial charge in [-0.1, -0.05) is 0 Å². The molecule has 1 saturated heterocycles. The van der Waals surface area contributed by atoms with Crippen LogP contribution in [0.25, 0.3) is 10.9 Å². The number of ether oxygens (including phenoxy) is 2. The molecule has 1 N–H and O–H groups in total. The van der Waals surface area contributed by atoms with Crippen LogP contribution in [0.5, 0.6) is 11.6 Å². The lowest BCUT2D eigenvalue weighted by atomic mass is 9.86. The molecule has 0 unspecified atom stereocenters. The average Bonchev–Trinajstić information content (AvgIpc) is 3.30. The number of morpholine rings is 1. The van der Waals surface area contributed by atoms with Gasteiger partial charge in [0.05, 0.1) is 41.5 Å². The highest BCUT2D eigenvalue weighted by Crippen LogP contribution is 2.36. The lowest BCUT2D eigenvalue weighted by molar-refractivity contribution is 0.122. The number of rotatable bonds is 4. The number of fused-ring (bicyclic) bond motifs is 1. The zero-order valence-electron chi connectivity index (χ0n) is 16.2. The van der Waals surface area contributed by atoms with Crippen molar-refractivity contribution in [1.29, 1.82) is 0 Å². The molecule has 3 aromatic heterocycles. The van der Waals surface area contributed by atoms with Gasteiger partial charge in [0.25, 0.3) is 0 Å². The van der Waals surface area contributed by atoms with E-state index in [0.29, 0.717) is 25.0 Å². The first-order valence-electron chi connectivity index (χ1n) is 10.1. The molecule has 2 aliphatic rings. The maximum atomic E-state index is 9.94. The number of anilines is 1. The highest BCUT2D eigenvalue weighted by Gasteiger charge is 2.26. The van der Waals surface area contributed by atoms with Gasteiger partial charge in [-0.15, -0.1) is 11.3 Å². The van der Waals surface area contributed by atoms with Crippen LogP contribution in [-0.4, -0.2) is 52.5 Å². The Morgan fingerprint density at radius 3 is 2.69 bits per heavy atom. The van der Waals surface area contributed by atoms with E-state index >= 15 is 0 Å². The van der Waals surface area contributed by atoms with Gasteiger partial charge in [0.1, 0.15) is 17.7 Å². The molecule has 0 radical (unpaired) electrons. The molecule has 5 rings (SSSR count). The molecule has 3 aromatic rings. The van der Waals surface area contributed by atoms with Crippen LogP contribution in [0.4, 0.5) is 5.82 Å². The summed E-state index contributed by atoms with van der Waals surface area (Å²) in [4.78, 5) is 15.9. The molecule has 4 heterocycles. The zero-order chi connectivity index (χ0) is 19.6. The van der Waals surface area contributed by atoms with E-state index in [2.05, 4.69) is 20.2 Å². The van der Waals surface area contributed by atoms with Gasteiger partial charge < -0.3 is 19.5 Å². The van der Waals surface area contributed by atoms with Crippen molar-refractivity contribution in [3.8, 4) is 11.6 Å². The summed E-state index contributed by atoms with van der Waals surface area (Å²) in [5.41, 5.74) is 3.90. The van der Waals surface area contributed by atoms with Gasteiger partial charge in [-0.05, 0) is 31.7 Å². The predicted octanol–water partition coefficient (Wildman–Crippen LogP) is 3.73. The van der Waals surface area contributed by atoms with Crippen LogP contribution in [0.3, 0.4) is 0 Å². The third-order valence-corrected chi connectivity index (χ3v) is 6.38. The minimum Gasteiger partial charge on any atom is -0.506 e. The van der Waals surface area contributed by atoms with Crippen LogP contribution < -0.4 is 9.64 Å². The van der Waals surface area contributed by atoms with E-state index in [4.69, 9.17) is 14.5 Å². The van der Waals surface area contributed by atoms with E-state index in [1.807, 2.05) is 11.6 Å². The van der Waals surface area contributed by atoms with Crippen LogP contribution in [0.1, 0.15) is 37.3 Å². The lowest BCUT2D eigenvalue weighted by Gasteiger charge is -2.30. The molecule has 1 aliphatic carbocycles. The average molecular weight is 413 g/mol. The summed E-state index contributed by atoms with van der Waals surface area (Å²) < 4.78 is 11.8. The van der Waals surface area contributed by atoms with Crippen LogP contribution in [0.15, 0.2) is 29.2 Å². The Bertz CT molecular complexity index is 967. The first-order valence-corrected chi connectivity index (χ1v) is 11.1. The van der Waals surface area contributed by atoms with E-state index in [-0.39, 0.29) is 11.9 Å². The fraction of sp³-hybridized carbons (Fsp3) is 0.476. The van der Waals surface area contributed by atoms with E-state index in [1.165, 1.54) is 11.9 Å². The van der Waals surface area contributed by atoms with Gasteiger partial charge in [0.15, 0.2) is 0 Å². The lowest BCUT2D eigenvalue weighted by Crippen LogP contribution is -2.36. The third-order valence-electron chi connectivity index (χ3n) is 5.77. The van der Waals surface area contributed by atoms with Gasteiger partial charge in [0.2, 0.25) is 5.88 Å². The topological polar surface area (TPSA) is 80.6 Å². The van der Waals surface area contributed by atoms with E-state index < -0.39 is 0 Å². The Morgan fingerprint density at radius 2 is 1.93 bits per heavy atom. The highest BCUT2D eigenvalue weighted by atomic mass is 32.1. The van der Waals surface area contributed by atoms with E-state index in [9.17, 15) is 5.11 Å². The largest absolute Gasteiger partial charge is 0.506 e. The van der Waals surface area contributed by atoms with E-state index in [1.54, 1.807) is 17.4 Å². The number of aromatic nitrogens is 3. The molecule has 7 nitrogen and oxygen atoms in total. The van der Waals surface area contributed by atoms with Crippen molar-refractivity contribution in [2.24, 2.45) is 0 Å². The van der Waals surface area contributed by atoms with Crippen molar-refractivity contribution in [2.75, 3.05) is 31.2 Å². The van der Waals surface area contributed by atoms with Crippen molar-refractivity contribution in [1.82, 2.24) is 15.0 Å². The number of nitrogens with zero attached hydrogens (tertiary/aromatic N) is 4. The predicted molar refractivity (Wildman–Crippen MR) is 112 cm³/mol. The summed E-state index contributed by atoms with van der Waals surface area (Å²) in [6.45, 7) is 2.99. The summed E-state index contributed by atoms with van der Waals surface area (Å²) in [5, 5.41) is 12.8. The minimum atomic E-state index is 0.114. The monoisotopic (exact) mass is 412 g/mol. The number of hydrogen-bond acceptors (Lipinski definition) is 8. The zero-order valence-corrected chi connectivity index (χ0v) is 17.0. The third kappa shape index (κ3) is 4.00. The number of aromatic hydroxyl groups is 1. The molecular formula is C21H24N4O3S. The van der Waals surface area contributed by atoms with Crippen molar-refractivity contribution < 1.29 is 14.6 Å². The molecule has 1 saturated carbocycles. The molecule has 8 heteroatoms. The molecule has 152 valence electrons. The summed E-state index contributed by atoms with van der Waals surface area (Å²) in [6, 6.07) is 3.65. The molecule has 0 atom stereocenters. The first-order chi connectivity index (χ1) is 14.3. The Hall–Kier alpha value is -2.45. The fourth-order valence-electron chi connectivity index (χ4n) is 4.17. The van der Waals surface area contributed by atoms with Crippen molar-refractivity contribution in [2.45, 2.75) is 37.7 Å². The molecule has 2 fully saturated rings. The standard InChI is InChI=1S/C21H24N4O3S/c26-15-9-17-18(22-11-15)10-20(25-5-7-27-8-6-25)24-21(17)28-16-3-1-14(2-4-16)19-12-29-13-23-19/h9-14,16,26H,1-8H2. The van der Waals surface area contributed by atoms with Crippen LogP contribution in [0, 0.1) is 0 Å². The first kappa shape index (κ1) is 18.6. The summed E-state index contributed by atoms with van der Waals surface area (Å²) in [6.07, 6.45) is 5.66. The number of pyridine rings is 2. The maximum absolute atomic E-state index is 9.94. The maximum Gasteiger partial charge on any atom is 0.225 e. The van der Waals surface area contributed by atoms with Gasteiger partial charge in [-0.25, -0.2) is 4.98 Å². The van der Waals surface area contributed by atoms with E-state index in [0.717, 1.165) is 55.5 Å². The molecule has 0 spiro atoms. The SMILES string of the molecule is Oc1cnc2cc(N3CCOCC3)nc(OC3CCC(c4cscn4)CC3)c2c1. The smallest absolute Gasteiger partial charge is 0.225 e. The van der Waals surface area contributed by atoms with Crippen LogP contribution in [0.2, 0.25) is 0 Å². The van der Waals surface area contributed by atoms with Crippen molar-refractivity contribution in [3.63, 3.8) is 0 Å². The summed E-state index contributed by atoms with van der Waals surface area (Å²) in [5.74, 6) is 2.06. The second-order valence-corrected chi connectivity index (χ2v) is 8.37. The Morgan fingerprint density at radius 1 is 1.10 bits per heavy atom. The molecular weight excluding hydrogens is 388 g/mol. The normalized spacial score (nSPS) is 22.7. The molecule has 1 aliphatic heterocycles. The Kier molecular flexibility index (Phi) is 5.20. The minimum absolute atomic E-state index is 0.114. The second-order valence-electron chi connectivity index (χ2n) is 7.65. The van der Waals surface area contributed by atoms with Crippen LogP contribution in [-0.2, 0) is 4.74 Å². The van der Waals surface area contributed by atoms with Gasteiger partial charge in [-0.3, -0.25) is 4.98 Å². The highest BCUT2D eigenvalue weighted by molar-refractivity contribution is 7.07. The fourth-order valence-corrected chi connectivity index (χ4v) is 4.81. The van der Waals surface area contributed by atoms with Crippen molar-refractivity contribution in [3.05, 3.63) is 34.9 Å². The molecule has 0 bridgehead atoms. The molecule has 0 amide bonds. The van der Waals surface area contributed by atoms with Gasteiger partial charge >= 0.3 is 0 Å². The molecule has 29 heavy (non-hydrogen) atoms. The summed E-state index contributed by atoms with van der Waals surface area (Å²) in [7, 11) is 0. The quantitative estimate of drug-likeness (QED) is 0.699. The summed E-state index contributed by atoms with van der Waals surface area (Å²) >= 11 is 1.66. The number of thiazole rings is 1. The van der Waals surface area contributed by atoms with Gasteiger partial charge in [-0.2, -0.15) is 4.98 Å². The molecule has 0 aromatic carbocycles. The van der Waals surface area contributed by atoms with Crippen molar-refractivity contribution >= 4 is 28.1 Å². The Balaban J connectivity index is 1.38.